The van der Waals surface area contributed by atoms with Gasteiger partial charge in [-0.2, -0.15) is 4.98 Å². The van der Waals surface area contributed by atoms with Crippen LogP contribution in [-0.4, -0.2) is 41.8 Å². The minimum absolute atomic E-state index is 0.297. The molecule has 2 aromatic carbocycles. The average Bonchev–Trinajstić information content (AvgIpc) is 3.25. The summed E-state index contributed by atoms with van der Waals surface area (Å²) >= 11 is 0. The molecule has 7 nitrogen and oxygen atoms in total. The molecule has 1 aromatic heterocycles. The minimum Gasteiger partial charge on any atom is -0.497 e. The third kappa shape index (κ3) is 5.73. The largest absolute Gasteiger partial charge is 0.497 e. The Hall–Kier alpha value is -3.06. The Morgan fingerprint density at radius 3 is 2.57 bits per heavy atom. The highest BCUT2D eigenvalue weighted by Gasteiger charge is 2.22. The number of rotatable bonds is 9. The van der Waals surface area contributed by atoms with E-state index in [-0.39, 0.29) is 0 Å². The molecule has 0 saturated carbocycles. The van der Waals surface area contributed by atoms with E-state index in [4.69, 9.17) is 18.7 Å². The molecule has 7 heteroatoms. The van der Waals surface area contributed by atoms with Crippen LogP contribution in [0.2, 0.25) is 0 Å². The number of methoxy groups -OCH3 is 1. The molecule has 0 radical (unpaired) electrons. The van der Waals surface area contributed by atoms with Gasteiger partial charge in [-0.1, -0.05) is 23.4 Å². The first kappa shape index (κ1) is 20.2. The van der Waals surface area contributed by atoms with Gasteiger partial charge in [0.25, 0.3) is 0 Å². The van der Waals surface area contributed by atoms with Crippen molar-refractivity contribution in [1.29, 1.82) is 0 Å². The van der Waals surface area contributed by atoms with Gasteiger partial charge in [-0.25, -0.2) is 0 Å². The third-order valence-corrected chi connectivity index (χ3v) is 5.13. The van der Waals surface area contributed by atoms with Gasteiger partial charge in [-0.15, -0.1) is 0 Å². The molecule has 0 N–H and O–H groups in total. The number of hydrogen-bond donors (Lipinski definition) is 0. The molecule has 158 valence electrons. The lowest BCUT2D eigenvalue weighted by molar-refractivity contribution is 0.115. The van der Waals surface area contributed by atoms with Crippen molar-refractivity contribution in [1.82, 2.24) is 15.0 Å². The van der Waals surface area contributed by atoms with Crippen LogP contribution in [0.1, 0.15) is 24.6 Å². The third-order valence-electron chi connectivity index (χ3n) is 5.13. The van der Waals surface area contributed by atoms with Crippen LogP contribution in [-0.2, 0) is 13.2 Å². The number of likely N-dealkylation sites (tertiary alicyclic amines) is 1. The lowest BCUT2D eigenvalue weighted by Crippen LogP contribution is -2.37. The van der Waals surface area contributed by atoms with Gasteiger partial charge in [-0.3, -0.25) is 4.90 Å². The molecule has 0 amide bonds. The summed E-state index contributed by atoms with van der Waals surface area (Å²) in [7, 11) is 1.66. The Morgan fingerprint density at radius 1 is 1.00 bits per heavy atom. The summed E-state index contributed by atoms with van der Waals surface area (Å²) in [4.78, 5) is 6.81. The van der Waals surface area contributed by atoms with Crippen LogP contribution < -0.4 is 14.2 Å². The number of para-hydroxylation sites is 1. The SMILES string of the molecule is COc1ccc(OCC2CCCN(Cc3nc(COc4ccccc4)no3)C2)cc1. The van der Waals surface area contributed by atoms with Gasteiger partial charge in [-0.05, 0) is 55.8 Å². The van der Waals surface area contributed by atoms with Crippen LogP contribution in [0.15, 0.2) is 59.1 Å². The molecule has 2 heterocycles. The number of aromatic nitrogens is 2. The molecular weight excluding hydrogens is 382 g/mol. The Morgan fingerprint density at radius 2 is 1.77 bits per heavy atom. The number of benzene rings is 2. The van der Waals surface area contributed by atoms with Crippen molar-refractivity contribution in [2.75, 3.05) is 26.8 Å². The van der Waals surface area contributed by atoms with Gasteiger partial charge in [0.15, 0.2) is 6.61 Å². The van der Waals surface area contributed by atoms with Crippen LogP contribution in [0.4, 0.5) is 0 Å². The van der Waals surface area contributed by atoms with E-state index in [1.54, 1.807) is 7.11 Å². The maximum atomic E-state index is 5.97. The van der Waals surface area contributed by atoms with Crippen LogP contribution in [0, 0.1) is 5.92 Å². The fourth-order valence-electron chi connectivity index (χ4n) is 3.59. The van der Waals surface area contributed by atoms with E-state index in [1.807, 2.05) is 54.6 Å². The Labute approximate surface area is 176 Å². The predicted molar refractivity (Wildman–Crippen MR) is 112 cm³/mol. The van der Waals surface area contributed by atoms with Gasteiger partial charge in [0.2, 0.25) is 11.7 Å². The van der Waals surface area contributed by atoms with Crippen LogP contribution in [0.5, 0.6) is 17.2 Å². The zero-order chi connectivity index (χ0) is 20.6. The second kappa shape index (κ2) is 10.1. The number of hydrogen-bond acceptors (Lipinski definition) is 7. The highest BCUT2D eigenvalue weighted by Crippen LogP contribution is 2.22. The number of piperidine rings is 1. The summed E-state index contributed by atoms with van der Waals surface area (Å²) in [5, 5.41) is 4.03. The molecule has 30 heavy (non-hydrogen) atoms. The predicted octanol–water partition coefficient (Wildman–Crippen LogP) is 3.95. The Balaban J connectivity index is 1.23. The van der Waals surface area contributed by atoms with E-state index < -0.39 is 0 Å². The van der Waals surface area contributed by atoms with Crippen LogP contribution in [0.3, 0.4) is 0 Å². The van der Waals surface area contributed by atoms with E-state index in [0.29, 0.717) is 37.4 Å². The molecule has 0 spiro atoms. The molecule has 1 aliphatic rings. The van der Waals surface area contributed by atoms with E-state index in [0.717, 1.165) is 43.2 Å². The second-order valence-electron chi connectivity index (χ2n) is 7.44. The maximum Gasteiger partial charge on any atom is 0.240 e. The normalized spacial score (nSPS) is 16.9. The average molecular weight is 409 g/mol. The van der Waals surface area contributed by atoms with Gasteiger partial charge in [0.1, 0.15) is 17.2 Å². The molecule has 1 atom stereocenters. The highest BCUT2D eigenvalue weighted by atomic mass is 16.5. The lowest BCUT2D eigenvalue weighted by atomic mass is 9.99. The van der Waals surface area contributed by atoms with E-state index in [9.17, 15) is 0 Å². The summed E-state index contributed by atoms with van der Waals surface area (Å²) < 4.78 is 22.2. The number of ether oxygens (including phenoxy) is 3. The molecule has 1 unspecified atom stereocenters. The van der Waals surface area contributed by atoms with Crippen molar-refractivity contribution in [3.63, 3.8) is 0 Å². The number of nitrogens with zero attached hydrogens (tertiary/aromatic N) is 3. The zero-order valence-corrected chi connectivity index (χ0v) is 17.2. The van der Waals surface area contributed by atoms with E-state index in [2.05, 4.69) is 15.0 Å². The fourth-order valence-corrected chi connectivity index (χ4v) is 3.59. The van der Waals surface area contributed by atoms with Gasteiger partial charge >= 0.3 is 0 Å². The second-order valence-corrected chi connectivity index (χ2v) is 7.44. The topological polar surface area (TPSA) is 69.9 Å². The highest BCUT2D eigenvalue weighted by molar-refractivity contribution is 5.31. The smallest absolute Gasteiger partial charge is 0.240 e. The van der Waals surface area contributed by atoms with Crippen molar-refractivity contribution in [2.24, 2.45) is 5.92 Å². The van der Waals surface area contributed by atoms with Crippen molar-refractivity contribution in [3.05, 3.63) is 66.3 Å². The summed E-state index contributed by atoms with van der Waals surface area (Å²) in [6, 6.07) is 17.3. The minimum atomic E-state index is 0.297. The Bertz CT molecular complexity index is 898. The van der Waals surface area contributed by atoms with Crippen molar-refractivity contribution < 1.29 is 18.7 Å². The quantitative estimate of drug-likeness (QED) is 0.530. The Kier molecular flexibility index (Phi) is 6.82. The summed E-state index contributed by atoms with van der Waals surface area (Å²) in [5.41, 5.74) is 0. The lowest BCUT2D eigenvalue weighted by Gasteiger charge is -2.31. The van der Waals surface area contributed by atoms with E-state index in [1.165, 1.54) is 0 Å². The van der Waals surface area contributed by atoms with Gasteiger partial charge in [0, 0.05) is 12.5 Å². The standard InChI is InChI=1S/C23H27N3O4/c1-27-19-9-11-21(12-10-19)28-16-18-6-5-13-26(14-18)15-23-24-22(25-30-23)17-29-20-7-3-2-4-8-20/h2-4,7-12,18H,5-6,13-17H2,1H3. The van der Waals surface area contributed by atoms with Crippen molar-refractivity contribution in [3.8, 4) is 17.2 Å². The summed E-state index contributed by atoms with van der Waals surface area (Å²) in [6.07, 6.45) is 2.29. The van der Waals surface area contributed by atoms with Crippen LogP contribution >= 0.6 is 0 Å². The molecule has 1 saturated heterocycles. The first-order valence-electron chi connectivity index (χ1n) is 10.3. The molecular formula is C23H27N3O4. The first-order valence-corrected chi connectivity index (χ1v) is 10.3. The summed E-state index contributed by atoms with van der Waals surface area (Å²) in [6.45, 7) is 3.62. The molecule has 0 aliphatic carbocycles. The molecule has 1 fully saturated rings. The fraction of sp³-hybridized carbons (Fsp3) is 0.391. The van der Waals surface area contributed by atoms with Crippen molar-refractivity contribution >= 4 is 0 Å². The first-order chi connectivity index (χ1) is 14.8. The molecule has 0 bridgehead atoms. The molecule has 3 aromatic rings. The van der Waals surface area contributed by atoms with Crippen molar-refractivity contribution in [2.45, 2.75) is 26.0 Å². The molecule has 4 rings (SSSR count). The van der Waals surface area contributed by atoms with Gasteiger partial charge in [0.05, 0.1) is 20.3 Å². The summed E-state index contributed by atoms with van der Waals surface area (Å²) in [5.74, 6) is 4.15. The molecule has 1 aliphatic heterocycles. The van der Waals surface area contributed by atoms with Gasteiger partial charge < -0.3 is 18.7 Å². The van der Waals surface area contributed by atoms with E-state index >= 15 is 0 Å². The maximum absolute atomic E-state index is 5.97. The zero-order valence-electron chi connectivity index (χ0n) is 17.2. The monoisotopic (exact) mass is 409 g/mol. The van der Waals surface area contributed by atoms with Crippen LogP contribution in [0.25, 0.3) is 0 Å².